The first kappa shape index (κ1) is 12.8. The molecule has 1 rings (SSSR count). The molecule has 0 saturated heterocycles. The average Bonchev–Trinajstić information content (AvgIpc) is 1.99. The van der Waals surface area contributed by atoms with Crippen molar-refractivity contribution < 1.29 is 18.3 Å². The third kappa shape index (κ3) is 2.84. The van der Waals surface area contributed by atoms with Crippen molar-refractivity contribution >= 4 is 53.2 Å². The van der Waals surface area contributed by atoms with Crippen molar-refractivity contribution in [1.82, 2.24) is 0 Å². The predicted molar refractivity (Wildman–Crippen MR) is 59.2 cm³/mol. The summed E-state index contributed by atoms with van der Waals surface area (Å²) < 4.78 is 22.5. The minimum atomic E-state index is -4.19. The molecule has 0 atom stereocenters. The van der Waals surface area contributed by atoms with E-state index in [4.69, 9.17) is 27.4 Å². The molecular formula is C7H3BrCl2O4S. The number of benzene rings is 1. The maximum atomic E-state index is 11.1. The van der Waals surface area contributed by atoms with Crippen LogP contribution in [0.15, 0.2) is 21.5 Å². The third-order valence-corrected chi connectivity index (χ3v) is 3.74. The molecule has 82 valence electrons. The molecule has 0 radical (unpaired) electrons. The average molecular weight is 334 g/mol. The quantitative estimate of drug-likeness (QED) is 0.845. The van der Waals surface area contributed by atoms with Gasteiger partial charge in [-0.1, -0.05) is 27.5 Å². The summed E-state index contributed by atoms with van der Waals surface area (Å²) in [6.07, 6.45) is 0. The smallest absolute Gasteiger partial charge is 0.337 e. The van der Waals surface area contributed by atoms with E-state index in [0.29, 0.717) is 4.47 Å². The Kier molecular flexibility index (Phi) is 3.65. The molecule has 0 aliphatic carbocycles. The van der Waals surface area contributed by atoms with Crippen LogP contribution in [0.3, 0.4) is 0 Å². The molecule has 1 aromatic carbocycles. The Morgan fingerprint density at radius 3 is 2.33 bits per heavy atom. The van der Waals surface area contributed by atoms with Crippen LogP contribution in [-0.4, -0.2) is 19.5 Å². The van der Waals surface area contributed by atoms with E-state index < -0.39 is 25.5 Å². The number of carbonyl (C=O) groups is 1. The van der Waals surface area contributed by atoms with Crippen LogP contribution in [0.1, 0.15) is 10.4 Å². The molecule has 0 aliphatic heterocycles. The SMILES string of the molecule is O=C(O)c1cc(Br)cc(Cl)c1S(=O)(=O)Cl. The van der Waals surface area contributed by atoms with E-state index in [0.717, 1.165) is 6.07 Å². The lowest BCUT2D eigenvalue weighted by molar-refractivity contribution is 0.0692. The van der Waals surface area contributed by atoms with Crippen molar-refractivity contribution in [1.29, 1.82) is 0 Å². The Labute approximate surface area is 103 Å². The van der Waals surface area contributed by atoms with Crippen molar-refractivity contribution in [3.8, 4) is 0 Å². The van der Waals surface area contributed by atoms with Crippen molar-refractivity contribution in [2.45, 2.75) is 4.90 Å². The van der Waals surface area contributed by atoms with Gasteiger partial charge in [0.15, 0.2) is 0 Å². The molecule has 0 aliphatic rings. The van der Waals surface area contributed by atoms with Gasteiger partial charge in [-0.15, -0.1) is 0 Å². The summed E-state index contributed by atoms with van der Waals surface area (Å²) in [7, 11) is 0.887. The Bertz CT molecular complexity index is 526. The van der Waals surface area contributed by atoms with E-state index >= 15 is 0 Å². The van der Waals surface area contributed by atoms with E-state index in [1.54, 1.807) is 0 Å². The zero-order chi connectivity index (χ0) is 11.8. The summed E-state index contributed by atoms with van der Waals surface area (Å²) in [5, 5.41) is 8.54. The van der Waals surface area contributed by atoms with Crippen LogP contribution >= 0.6 is 38.2 Å². The second kappa shape index (κ2) is 4.29. The second-order valence-corrected chi connectivity index (χ2v) is 6.33. The van der Waals surface area contributed by atoms with Crippen molar-refractivity contribution in [2.75, 3.05) is 0 Å². The Morgan fingerprint density at radius 2 is 1.93 bits per heavy atom. The summed E-state index contributed by atoms with van der Waals surface area (Å²) in [6, 6.07) is 2.37. The molecule has 0 heterocycles. The van der Waals surface area contributed by atoms with Crippen LogP contribution < -0.4 is 0 Å². The molecular weight excluding hydrogens is 331 g/mol. The maximum absolute atomic E-state index is 11.1. The van der Waals surface area contributed by atoms with Crippen molar-refractivity contribution in [2.24, 2.45) is 0 Å². The van der Waals surface area contributed by atoms with Gasteiger partial charge in [0.05, 0.1) is 10.6 Å². The monoisotopic (exact) mass is 332 g/mol. The van der Waals surface area contributed by atoms with E-state index in [1.807, 2.05) is 0 Å². The van der Waals surface area contributed by atoms with Gasteiger partial charge in [0.1, 0.15) is 4.90 Å². The fourth-order valence-corrected chi connectivity index (χ4v) is 3.40. The van der Waals surface area contributed by atoms with Gasteiger partial charge in [-0.05, 0) is 12.1 Å². The molecule has 0 spiro atoms. The largest absolute Gasteiger partial charge is 0.478 e. The highest BCUT2D eigenvalue weighted by atomic mass is 79.9. The highest BCUT2D eigenvalue weighted by Gasteiger charge is 2.24. The van der Waals surface area contributed by atoms with E-state index in [2.05, 4.69) is 15.9 Å². The molecule has 8 heteroatoms. The van der Waals surface area contributed by atoms with Crippen molar-refractivity contribution in [3.63, 3.8) is 0 Å². The van der Waals surface area contributed by atoms with E-state index in [9.17, 15) is 13.2 Å². The number of hydrogen-bond donors (Lipinski definition) is 1. The summed E-state index contributed by atoms with van der Waals surface area (Å²) in [5.74, 6) is -1.42. The third-order valence-electron chi connectivity index (χ3n) is 1.48. The van der Waals surface area contributed by atoms with Gasteiger partial charge in [0, 0.05) is 15.2 Å². The molecule has 0 fully saturated rings. The molecule has 0 bridgehead atoms. The van der Waals surface area contributed by atoms with Crippen LogP contribution in [0.25, 0.3) is 0 Å². The first-order chi connectivity index (χ1) is 6.73. The maximum Gasteiger partial charge on any atom is 0.337 e. The van der Waals surface area contributed by atoms with Gasteiger partial charge in [-0.2, -0.15) is 0 Å². The zero-order valence-corrected chi connectivity index (χ0v) is 10.8. The fourth-order valence-electron chi connectivity index (χ4n) is 0.967. The molecule has 0 amide bonds. The van der Waals surface area contributed by atoms with Gasteiger partial charge >= 0.3 is 5.97 Å². The topological polar surface area (TPSA) is 71.4 Å². The lowest BCUT2D eigenvalue weighted by atomic mass is 10.2. The van der Waals surface area contributed by atoms with Gasteiger partial charge in [0.25, 0.3) is 9.05 Å². The van der Waals surface area contributed by atoms with Gasteiger partial charge in [-0.3, -0.25) is 0 Å². The molecule has 4 nitrogen and oxygen atoms in total. The van der Waals surface area contributed by atoms with Crippen LogP contribution in [0, 0.1) is 0 Å². The van der Waals surface area contributed by atoms with Gasteiger partial charge in [-0.25, -0.2) is 13.2 Å². The minimum Gasteiger partial charge on any atom is -0.478 e. The first-order valence-corrected chi connectivity index (χ1v) is 6.88. The highest BCUT2D eigenvalue weighted by molar-refractivity contribution is 9.10. The predicted octanol–water partition coefficient (Wildman–Crippen LogP) is 2.73. The van der Waals surface area contributed by atoms with Crippen molar-refractivity contribution in [3.05, 3.63) is 27.2 Å². The fraction of sp³-hybridized carbons (Fsp3) is 0. The molecule has 1 aromatic rings. The number of hydrogen-bond acceptors (Lipinski definition) is 3. The molecule has 0 aromatic heterocycles. The summed E-state index contributed by atoms with van der Waals surface area (Å²) in [6.45, 7) is 0. The zero-order valence-electron chi connectivity index (χ0n) is 6.87. The lowest BCUT2D eigenvalue weighted by Gasteiger charge is -2.05. The number of rotatable bonds is 2. The van der Waals surface area contributed by atoms with Crippen LogP contribution in [-0.2, 0) is 9.05 Å². The van der Waals surface area contributed by atoms with E-state index in [-0.39, 0.29) is 5.02 Å². The van der Waals surface area contributed by atoms with Crippen LogP contribution in [0.2, 0.25) is 5.02 Å². The van der Waals surface area contributed by atoms with Crippen LogP contribution in [0.5, 0.6) is 0 Å². The van der Waals surface area contributed by atoms with Gasteiger partial charge in [0.2, 0.25) is 0 Å². The number of carboxylic acids is 1. The first-order valence-electron chi connectivity index (χ1n) is 3.40. The standard InChI is InChI=1S/C7H3BrCl2O4S/c8-3-1-4(7(11)12)6(5(9)2-3)15(10,13)14/h1-2H,(H,11,12). The molecule has 0 saturated carbocycles. The minimum absolute atomic E-state index is 0.239. The molecule has 15 heavy (non-hydrogen) atoms. The van der Waals surface area contributed by atoms with E-state index in [1.165, 1.54) is 6.07 Å². The molecule has 0 unspecified atom stereocenters. The molecule has 1 N–H and O–H groups in total. The summed E-state index contributed by atoms with van der Waals surface area (Å²) in [4.78, 5) is 10.2. The summed E-state index contributed by atoms with van der Waals surface area (Å²) in [5.41, 5.74) is -0.468. The number of halogens is 3. The van der Waals surface area contributed by atoms with Crippen LogP contribution in [0.4, 0.5) is 0 Å². The Morgan fingerprint density at radius 1 is 1.40 bits per heavy atom. The number of aromatic carboxylic acids is 1. The Balaban J connectivity index is 3.70. The highest BCUT2D eigenvalue weighted by Crippen LogP contribution is 2.31. The number of carboxylic acid groups (broad SMARTS) is 1. The second-order valence-electron chi connectivity index (χ2n) is 2.51. The summed E-state index contributed by atoms with van der Waals surface area (Å²) >= 11 is 8.60. The van der Waals surface area contributed by atoms with Gasteiger partial charge < -0.3 is 5.11 Å². The Hall–Kier alpha value is -0.300. The normalized spacial score (nSPS) is 11.4. The lowest BCUT2D eigenvalue weighted by Crippen LogP contribution is -2.05.